The minimum Gasteiger partial charge on any atom is -0.360 e. The fourth-order valence-electron chi connectivity index (χ4n) is 0.602. The van der Waals surface area contributed by atoms with Gasteiger partial charge in [-0.1, -0.05) is 0 Å². The van der Waals surface area contributed by atoms with E-state index in [-0.39, 0.29) is 0 Å². The van der Waals surface area contributed by atoms with Crippen molar-refractivity contribution in [1.82, 2.24) is 9.99 Å². The van der Waals surface area contributed by atoms with Crippen LogP contribution in [0.3, 0.4) is 0 Å². The Kier molecular flexibility index (Phi) is 2.10. The zero-order valence-electron chi connectivity index (χ0n) is 6.20. The first kappa shape index (κ1) is 6.86. The van der Waals surface area contributed by atoms with E-state index < -0.39 is 0 Å². The highest BCUT2D eigenvalue weighted by Gasteiger charge is 1.83. The number of H-pyrrole nitrogens is 1. The number of nitrogens with one attached hydrogen (secondary N) is 1. The summed E-state index contributed by atoms with van der Waals surface area (Å²) in [6.45, 7) is 0. The summed E-state index contributed by atoms with van der Waals surface area (Å²) in [6, 6.07) is 3.91. The van der Waals surface area contributed by atoms with Crippen LogP contribution in [-0.2, 0) is 0 Å². The molecule has 0 spiro atoms. The molecule has 54 valence electrons. The van der Waals surface area contributed by atoms with Gasteiger partial charge in [0.25, 0.3) is 0 Å². The zero-order chi connectivity index (χ0) is 7.40. The standard InChI is InChI=1S/C7H11N3/c1-10(2)9-6-7-4-3-5-8-7/h3-6,8H,1-2H3/b9-6+. The largest absolute Gasteiger partial charge is 0.360 e. The van der Waals surface area contributed by atoms with Gasteiger partial charge < -0.3 is 9.99 Å². The van der Waals surface area contributed by atoms with E-state index in [1.165, 1.54) is 0 Å². The summed E-state index contributed by atoms with van der Waals surface area (Å²) in [6.07, 6.45) is 3.65. The lowest BCUT2D eigenvalue weighted by Gasteiger charge is -2.00. The van der Waals surface area contributed by atoms with Crippen molar-refractivity contribution in [2.45, 2.75) is 0 Å². The minimum absolute atomic E-state index is 1.02. The van der Waals surface area contributed by atoms with Crippen LogP contribution < -0.4 is 0 Å². The molecule has 1 heterocycles. The van der Waals surface area contributed by atoms with E-state index in [0.717, 1.165) is 5.69 Å². The molecule has 0 radical (unpaired) electrons. The molecular formula is C7H11N3. The van der Waals surface area contributed by atoms with Gasteiger partial charge in [0.1, 0.15) is 0 Å². The monoisotopic (exact) mass is 137 g/mol. The summed E-state index contributed by atoms with van der Waals surface area (Å²) in [4.78, 5) is 3.02. The van der Waals surface area contributed by atoms with Crippen molar-refractivity contribution >= 4 is 6.21 Å². The highest BCUT2D eigenvalue weighted by atomic mass is 15.4. The van der Waals surface area contributed by atoms with Crippen LogP contribution in [-0.4, -0.2) is 30.3 Å². The Morgan fingerprint density at radius 2 is 2.40 bits per heavy atom. The van der Waals surface area contributed by atoms with Crippen LogP contribution in [0, 0.1) is 0 Å². The molecular weight excluding hydrogens is 126 g/mol. The van der Waals surface area contributed by atoms with Gasteiger partial charge in [0.05, 0.1) is 11.9 Å². The van der Waals surface area contributed by atoms with Crippen molar-refractivity contribution in [3.8, 4) is 0 Å². The summed E-state index contributed by atoms with van der Waals surface area (Å²) in [5.74, 6) is 0. The fourth-order valence-corrected chi connectivity index (χ4v) is 0.602. The van der Waals surface area contributed by atoms with Gasteiger partial charge in [-0.05, 0) is 12.1 Å². The molecule has 0 aromatic carbocycles. The highest BCUT2D eigenvalue weighted by molar-refractivity contribution is 5.76. The second kappa shape index (κ2) is 3.06. The first-order chi connectivity index (χ1) is 4.79. The maximum Gasteiger partial charge on any atom is 0.0705 e. The van der Waals surface area contributed by atoms with Gasteiger partial charge in [0.2, 0.25) is 0 Å². The fraction of sp³-hybridized carbons (Fsp3) is 0.286. The van der Waals surface area contributed by atoms with Gasteiger partial charge >= 0.3 is 0 Å². The lowest BCUT2D eigenvalue weighted by atomic mass is 10.5. The Morgan fingerprint density at radius 3 is 2.90 bits per heavy atom. The first-order valence-corrected chi connectivity index (χ1v) is 3.14. The minimum atomic E-state index is 1.02. The molecule has 0 saturated carbocycles. The molecule has 1 aromatic rings. The third-order valence-electron chi connectivity index (χ3n) is 1.05. The van der Waals surface area contributed by atoms with Crippen LogP contribution in [0.4, 0.5) is 0 Å². The molecule has 0 aliphatic carbocycles. The quantitative estimate of drug-likeness (QED) is 0.476. The molecule has 1 rings (SSSR count). The maximum absolute atomic E-state index is 4.04. The summed E-state index contributed by atoms with van der Waals surface area (Å²) in [5, 5.41) is 5.79. The van der Waals surface area contributed by atoms with Gasteiger partial charge in [0, 0.05) is 20.3 Å². The molecule has 0 aliphatic rings. The number of nitrogens with zero attached hydrogens (tertiary/aromatic N) is 2. The lowest BCUT2D eigenvalue weighted by Crippen LogP contribution is -2.01. The number of hydrogen-bond donors (Lipinski definition) is 1. The van der Waals surface area contributed by atoms with E-state index in [1.54, 1.807) is 11.2 Å². The summed E-state index contributed by atoms with van der Waals surface area (Å²) < 4.78 is 0. The predicted molar refractivity (Wildman–Crippen MR) is 42.1 cm³/mol. The van der Waals surface area contributed by atoms with Gasteiger partial charge in [0.15, 0.2) is 0 Å². The number of aromatic amines is 1. The Bertz CT molecular complexity index is 199. The molecule has 0 amide bonds. The molecule has 3 nitrogen and oxygen atoms in total. The Morgan fingerprint density at radius 1 is 1.60 bits per heavy atom. The van der Waals surface area contributed by atoms with E-state index in [9.17, 15) is 0 Å². The molecule has 10 heavy (non-hydrogen) atoms. The average molecular weight is 137 g/mol. The lowest BCUT2D eigenvalue weighted by molar-refractivity contribution is 0.440. The van der Waals surface area contributed by atoms with Gasteiger partial charge in [-0.3, -0.25) is 0 Å². The van der Waals surface area contributed by atoms with Crippen molar-refractivity contribution in [3.05, 3.63) is 24.0 Å². The van der Waals surface area contributed by atoms with Crippen LogP contribution in [0.15, 0.2) is 23.4 Å². The van der Waals surface area contributed by atoms with Crippen molar-refractivity contribution in [2.24, 2.45) is 5.10 Å². The molecule has 0 unspecified atom stereocenters. The smallest absolute Gasteiger partial charge is 0.0705 e. The highest BCUT2D eigenvalue weighted by Crippen LogP contribution is 1.89. The number of aromatic nitrogens is 1. The van der Waals surface area contributed by atoms with Crippen LogP contribution in [0.25, 0.3) is 0 Å². The van der Waals surface area contributed by atoms with Gasteiger partial charge in [-0.25, -0.2) is 0 Å². The molecule has 0 aliphatic heterocycles. The Hall–Kier alpha value is -1.25. The summed E-state index contributed by atoms with van der Waals surface area (Å²) in [5.41, 5.74) is 1.02. The van der Waals surface area contributed by atoms with Crippen molar-refractivity contribution in [2.75, 3.05) is 14.1 Å². The third-order valence-corrected chi connectivity index (χ3v) is 1.05. The molecule has 0 saturated heterocycles. The van der Waals surface area contributed by atoms with E-state index in [2.05, 4.69) is 10.1 Å². The molecule has 0 bridgehead atoms. The van der Waals surface area contributed by atoms with Crippen molar-refractivity contribution in [1.29, 1.82) is 0 Å². The predicted octanol–water partition coefficient (Wildman–Crippen LogP) is 0.910. The normalized spacial score (nSPS) is 10.6. The van der Waals surface area contributed by atoms with Crippen LogP contribution >= 0.6 is 0 Å². The van der Waals surface area contributed by atoms with Crippen LogP contribution in [0.1, 0.15) is 5.69 Å². The Labute approximate surface area is 60.4 Å². The van der Waals surface area contributed by atoms with Crippen LogP contribution in [0.5, 0.6) is 0 Å². The average Bonchev–Trinajstić information content (AvgIpc) is 2.34. The van der Waals surface area contributed by atoms with E-state index in [1.807, 2.05) is 32.4 Å². The van der Waals surface area contributed by atoms with Crippen molar-refractivity contribution in [3.63, 3.8) is 0 Å². The molecule has 1 N–H and O–H groups in total. The second-order valence-corrected chi connectivity index (χ2v) is 2.22. The van der Waals surface area contributed by atoms with Gasteiger partial charge in [-0.15, -0.1) is 0 Å². The topological polar surface area (TPSA) is 31.4 Å². The Balaban J connectivity index is 2.55. The second-order valence-electron chi connectivity index (χ2n) is 2.22. The number of rotatable bonds is 2. The molecule has 3 heteroatoms. The van der Waals surface area contributed by atoms with Crippen LogP contribution in [0.2, 0.25) is 0 Å². The molecule has 0 atom stereocenters. The van der Waals surface area contributed by atoms with E-state index in [0.29, 0.717) is 0 Å². The maximum atomic E-state index is 4.04. The number of hydrazone groups is 1. The first-order valence-electron chi connectivity index (χ1n) is 3.14. The number of hydrogen-bond acceptors (Lipinski definition) is 2. The SMILES string of the molecule is CN(C)/N=C/c1ccc[nH]1. The molecule has 0 fully saturated rings. The van der Waals surface area contributed by atoms with E-state index >= 15 is 0 Å². The molecule has 1 aromatic heterocycles. The van der Waals surface area contributed by atoms with Gasteiger partial charge in [-0.2, -0.15) is 5.10 Å². The van der Waals surface area contributed by atoms with Crippen molar-refractivity contribution < 1.29 is 0 Å². The van der Waals surface area contributed by atoms with E-state index in [4.69, 9.17) is 0 Å². The third kappa shape index (κ3) is 1.93. The summed E-state index contributed by atoms with van der Waals surface area (Å²) >= 11 is 0. The zero-order valence-corrected chi connectivity index (χ0v) is 6.20. The summed E-state index contributed by atoms with van der Waals surface area (Å²) in [7, 11) is 3.78.